The van der Waals surface area contributed by atoms with Gasteiger partial charge in [-0.1, -0.05) is 0 Å². The van der Waals surface area contributed by atoms with E-state index in [2.05, 4.69) is 20.0 Å². The summed E-state index contributed by atoms with van der Waals surface area (Å²) in [7, 11) is 0. The number of hydrogen-bond acceptors (Lipinski definition) is 5. The highest BCUT2D eigenvalue weighted by Crippen LogP contribution is 2.18. The summed E-state index contributed by atoms with van der Waals surface area (Å²) in [6, 6.07) is 0. The van der Waals surface area contributed by atoms with E-state index in [0.717, 1.165) is 12.7 Å². The molecular weight excluding hydrogens is 148 g/mol. The lowest BCUT2D eigenvalue weighted by Crippen LogP contribution is -2.39. The molecule has 1 atom stereocenters. The topological polar surface area (TPSA) is 89.9 Å². The van der Waals surface area contributed by atoms with E-state index in [9.17, 15) is 5.11 Å². The fourth-order valence-electron chi connectivity index (χ4n) is 0.842. The van der Waals surface area contributed by atoms with Crippen molar-refractivity contribution in [3.63, 3.8) is 0 Å². The Balaban J connectivity index is 2.53. The first-order valence-electron chi connectivity index (χ1n) is 2.87. The van der Waals surface area contributed by atoms with Gasteiger partial charge in [-0.3, -0.25) is 0 Å². The average molecular weight is 152 g/mol. The van der Waals surface area contributed by atoms with Gasteiger partial charge in [0.05, 0.1) is 0 Å². The summed E-state index contributed by atoms with van der Waals surface area (Å²) in [6.45, 7) is 0. The van der Waals surface area contributed by atoms with E-state index in [1.165, 1.54) is 0 Å². The molecule has 0 aromatic heterocycles. The van der Waals surface area contributed by atoms with Gasteiger partial charge in [-0.05, 0) is 0 Å². The molecule has 0 spiro atoms. The molecule has 0 aliphatic carbocycles. The summed E-state index contributed by atoms with van der Waals surface area (Å²) in [5.41, 5.74) is -0.0278. The van der Waals surface area contributed by atoms with Crippen LogP contribution in [0.1, 0.15) is 0 Å². The van der Waals surface area contributed by atoms with Crippen LogP contribution in [0.2, 0.25) is 0 Å². The van der Waals surface area contributed by atoms with Gasteiger partial charge >= 0.3 is 5.85 Å². The van der Waals surface area contributed by atoms with Crippen LogP contribution in [0.25, 0.3) is 0 Å². The van der Waals surface area contributed by atoms with E-state index in [1.807, 2.05) is 0 Å². The second-order valence-corrected chi connectivity index (χ2v) is 2.05. The Morgan fingerprint density at radius 3 is 2.45 bits per heavy atom. The van der Waals surface area contributed by atoms with Crippen LogP contribution in [0.3, 0.4) is 0 Å². The number of aliphatic hydroxyl groups is 2. The molecule has 0 aromatic carbocycles. The van der Waals surface area contributed by atoms with Crippen molar-refractivity contribution in [1.82, 2.24) is 0 Å². The third-order valence-corrected chi connectivity index (χ3v) is 1.37. The monoisotopic (exact) mass is 152 g/mol. The Morgan fingerprint density at radius 1 is 1.18 bits per heavy atom. The van der Waals surface area contributed by atoms with E-state index in [0.29, 0.717) is 0 Å². The molecule has 0 fully saturated rings. The second kappa shape index (κ2) is 1.73. The molecule has 0 radical (unpaired) electrons. The highest BCUT2D eigenvalue weighted by Gasteiger charge is 2.40. The minimum atomic E-state index is -1.73. The third-order valence-electron chi connectivity index (χ3n) is 1.37. The van der Waals surface area contributed by atoms with Crippen LogP contribution < -0.4 is 0 Å². The molecule has 0 amide bonds. The fourth-order valence-corrected chi connectivity index (χ4v) is 0.842. The molecule has 2 N–H and O–H groups in total. The summed E-state index contributed by atoms with van der Waals surface area (Å²) in [5.74, 6) is -2.08. The minimum Gasteiger partial charge on any atom is -0.492 e. The Bertz CT molecular complexity index is 316. The predicted octanol–water partition coefficient (Wildman–Crippen LogP) is -0.886. The van der Waals surface area contributed by atoms with Gasteiger partial charge in [0, 0.05) is 0 Å². The second-order valence-electron chi connectivity index (χ2n) is 2.05. The van der Waals surface area contributed by atoms with Crippen LogP contribution in [-0.4, -0.2) is 40.3 Å². The van der Waals surface area contributed by atoms with Crippen molar-refractivity contribution in [2.75, 3.05) is 0 Å². The van der Waals surface area contributed by atoms with Crippen molar-refractivity contribution in [2.45, 2.75) is 5.85 Å². The number of aliphatic imine (C=N–C) groups is 4. The van der Waals surface area contributed by atoms with Gasteiger partial charge in [-0.15, -0.1) is 0 Å². The zero-order chi connectivity index (χ0) is 7.90. The largest absolute Gasteiger partial charge is 0.492 e. The lowest BCUT2D eigenvalue weighted by atomic mass is 10.2. The summed E-state index contributed by atoms with van der Waals surface area (Å²) in [4.78, 5) is 14.1. The molecule has 2 rings (SSSR count). The first-order valence-corrected chi connectivity index (χ1v) is 2.87. The maximum Gasteiger partial charge on any atom is 0.308 e. The third kappa shape index (κ3) is 0.695. The summed E-state index contributed by atoms with van der Waals surface area (Å²) >= 11 is 0. The van der Waals surface area contributed by atoms with Crippen molar-refractivity contribution in [2.24, 2.45) is 20.0 Å². The van der Waals surface area contributed by atoms with Gasteiger partial charge in [0.25, 0.3) is 0 Å². The van der Waals surface area contributed by atoms with Crippen LogP contribution in [0.15, 0.2) is 20.0 Å². The lowest BCUT2D eigenvalue weighted by Gasteiger charge is -2.16. The quantitative estimate of drug-likeness (QED) is 0.471. The number of rotatable bonds is 0. The maximum atomic E-state index is 9.41. The lowest BCUT2D eigenvalue weighted by molar-refractivity contribution is 0.137. The summed E-state index contributed by atoms with van der Waals surface area (Å²) in [6.07, 6.45) is 2.17. The molecule has 2 heterocycles. The van der Waals surface area contributed by atoms with E-state index >= 15 is 0 Å². The fraction of sp³-hybridized carbons (Fsp3) is 0.200. The molecule has 0 bridgehead atoms. The van der Waals surface area contributed by atoms with Crippen LogP contribution >= 0.6 is 0 Å². The molecule has 0 saturated carbocycles. The van der Waals surface area contributed by atoms with Crippen LogP contribution in [-0.2, 0) is 0 Å². The minimum absolute atomic E-state index is 0.0278. The van der Waals surface area contributed by atoms with Gasteiger partial charge in [0.1, 0.15) is 12.7 Å². The Morgan fingerprint density at radius 2 is 1.82 bits per heavy atom. The Labute approximate surface area is 61.4 Å². The van der Waals surface area contributed by atoms with Crippen molar-refractivity contribution >= 4 is 24.3 Å². The van der Waals surface area contributed by atoms with Crippen molar-refractivity contribution in [3.8, 4) is 0 Å². The van der Waals surface area contributed by atoms with Gasteiger partial charge in [0.15, 0.2) is 5.71 Å². The average Bonchev–Trinajstić information content (AvgIpc) is 2.31. The molecular formula is C5H4N4O2. The van der Waals surface area contributed by atoms with Crippen molar-refractivity contribution in [1.29, 1.82) is 0 Å². The first kappa shape index (κ1) is 6.17. The number of fused-ring (bicyclic) bond motifs is 1. The van der Waals surface area contributed by atoms with Crippen LogP contribution in [0.4, 0.5) is 0 Å². The molecule has 56 valence electrons. The van der Waals surface area contributed by atoms with E-state index in [-0.39, 0.29) is 11.6 Å². The molecule has 2 aliphatic heterocycles. The first-order chi connectivity index (χ1) is 5.22. The van der Waals surface area contributed by atoms with E-state index in [4.69, 9.17) is 5.11 Å². The molecule has 0 aromatic rings. The Hall–Kier alpha value is -1.56. The molecule has 2 aliphatic rings. The highest BCUT2D eigenvalue weighted by molar-refractivity contribution is 6.44. The molecule has 0 saturated heterocycles. The standard InChI is InChI=1S/C5H4N4O2/c10-4-3-5(11,8-1-6-3)9-2-7-4/h1-2,11H,(H,7,9,10). The predicted molar refractivity (Wildman–Crippen MR) is 39.4 cm³/mol. The SMILES string of the molecule is OC1=NC=NC2(O)N=CN=C12. The van der Waals surface area contributed by atoms with E-state index in [1.54, 1.807) is 0 Å². The smallest absolute Gasteiger partial charge is 0.308 e. The molecule has 11 heavy (non-hydrogen) atoms. The summed E-state index contributed by atoms with van der Waals surface area (Å²) < 4.78 is 0. The van der Waals surface area contributed by atoms with Gasteiger partial charge < -0.3 is 10.2 Å². The number of nitrogens with zero attached hydrogens (tertiary/aromatic N) is 4. The zero-order valence-corrected chi connectivity index (χ0v) is 5.34. The zero-order valence-electron chi connectivity index (χ0n) is 5.34. The van der Waals surface area contributed by atoms with Crippen LogP contribution in [0, 0.1) is 0 Å². The normalized spacial score (nSPS) is 33.2. The van der Waals surface area contributed by atoms with Gasteiger partial charge in [0.2, 0.25) is 5.90 Å². The van der Waals surface area contributed by atoms with Gasteiger partial charge in [-0.2, -0.15) is 0 Å². The van der Waals surface area contributed by atoms with E-state index < -0.39 is 5.85 Å². The molecule has 6 nitrogen and oxygen atoms in total. The van der Waals surface area contributed by atoms with Gasteiger partial charge in [-0.25, -0.2) is 20.0 Å². The molecule has 1 unspecified atom stereocenters. The highest BCUT2D eigenvalue weighted by atomic mass is 16.3. The Kier molecular flexibility index (Phi) is 0.970. The summed E-state index contributed by atoms with van der Waals surface area (Å²) in [5, 5.41) is 18.4. The van der Waals surface area contributed by atoms with Crippen LogP contribution in [0.5, 0.6) is 0 Å². The van der Waals surface area contributed by atoms with Crippen molar-refractivity contribution in [3.05, 3.63) is 0 Å². The number of hydrogen-bond donors (Lipinski definition) is 2. The number of aliphatic hydroxyl groups excluding tert-OH is 1. The maximum absolute atomic E-state index is 9.41. The van der Waals surface area contributed by atoms with Crippen molar-refractivity contribution < 1.29 is 10.2 Å². The molecule has 6 heteroatoms.